The lowest BCUT2D eigenvalue weighted by molar-refractivity contribution is 0.102. The van der Waals surface area contributed by atoms with Crippen LogP contribution < -0.4 is 4.74 Å². The third-order valence-electron chi connectivity index (χ3n) is 4.35. The van der Waals surface area contributed by atoms with Crippen molar-refractivity contribution in [2.45, 2.75) is 6.61 Å². The number of hydrogen-bond acceptors (Lipinski definition) is 5. The van der Waals surface area contributed by atoms with E-state index in [1.54, 1.807) is 31.1 Å². The molecule has 1 heterocycles. The molecule has 0 aliphatic heterocycles. The van der Waals surface area contributed by atoms with E-state index in [0.29, 0.717) is 29.3 Å². The molecule has 0 fully saturated rings. The molecule has 2 aromatic carbocycles. The van der Waals surface area contributed by atoms with E-state index < -0.39 is 0 Å². The SMILES string of the molecule is COc1ccc(CO/N=C2/c3ccccc3C(=O)c3c2ncn3C)cc1. The Morgan fingerprint density at radius 1 is 1.08 bits per heavy atom. The number of imidazole rings is 1. The molecule has 130 valence electrons. The van der Waals surface area contributed by atoms with Crippen LogP contribution in [0.4, 0.5) is 0 Å². The molecule has 1 aliphatic rings. The fourth-order valence-corrected chi connectivity index (χ4v) is 3.00. The molecule has 0 amide bonds. The highest BCUT2D eigenvalue weighted by Gasteiger charge is 2.32. The van der Waals surface area contributed by atoms with Crippen molar-refractivity contribution in [3.63, 3.8) is 0 Å². The summed E-state index contributed by atoms with van der Waals surface area (Å²) in [6.45, 7) is 0.311. The molecule has 0 atom stereocenters. The van der Waals surface area contributed by atoms with E-state index in [1.807, 2.05) is 42.5 Å². The second-order valence-corrected chi connectivity index (χ2v) is 5.99. The second kappa shape index (κ2) is 6.48. The van der Waals surface area contributed by atoms with E-state index in [4.69, 9.17) is 9.57 Å². The minimum Gasteiger partial charge on any atom is -0.497 e. The lowest BCUT2D eigenvalue weighted by Crippen LogP contribution is -2.23. The number of rotatable bonds is 4. The van der Waals surface area contributed by atoms with Gasteiger partial charge in [-0.25, -0.2) is 4.98 Å². The first-order valence-electron chi connectivity index (χ1n) is 8.17. The minimum atomic E-state index is -0.0512. The predicted octanol–water partition coefficient (Wildman–Crippen LogP) is 2.94. The molecule has 0 spiro atoms. The van der Waals surface area contributed by atoms with Gasteiger partial charge in [0.2, 0.25) is 5.78 Å². The number of methoxy groups -OCH3 is 1. The molecule has 0 saturated carbocycles. The van der Waals surface area contributed by atoms with Crippen molar-refractivity contribution in [2.24, 2.45) is 12.2 Å². The molecule has 26 heavy (non-hydrogen) atoms. The second-order valence-electron chi connectivity index (χ2n) is 5.99. The summed E-state index contributed by atoms with van der Waals surface area (Å²) in [6.07, 6.45) is 1.62. The van der Waals surface area contributed by atoms with Gasteiger partial charge in [-0.3, -0.25) is 4.79 Å². The Hall–Kier alpha value is -3.41. The van der Waals surface area contributed by atoms with Crippen LogP contribution in [0, 0.1) is 0 Å². The largest absolute Gasteiger partial charge is 0.497 e. The first-order valence-corrected chi connectivity index (χ1v) is 8.17. The number of ketones is 1. The molecule has 3 aromatic rings. The maximum atomic E-state index is 12.7. The number of oxime groups is 1. The molecule has 4 rings (SSSR count). The number of carbonyl (C=O) groups excluding carboxylic acids is 1. The number of carbonyl (C=O) groups is 1. The third kappa shape index (κ3) is 2.65. The van der Waals surface area contributed by atoms with Crippen LogP contribution in [0.15, 0.2) is 60.0 Å². The van der Waals surface area contributed by atoms with Crippen LogP contribution in [0.3, 0.4) is 0 Å². The number of fused-ring (bicyclic) bond motifs is 2. The first-order chi connectivity index (χ1) is 12.7. The van der Waals surface area contributed by atoms with Crippen molar-refractivity contribution < 1.29 is 14.4 Å². The van der Waals surface area contributed by atoms with Gasteiger partial charge in [0.15, 0.2) is 0 Å². The Morgan fingerprint density at radius 3 is 2.54 bits per heavy atom. The normalized spacial score (nSPS) is 14.1. The number of aryl methyl sites for hydroxylation is 1. The van der Waals surface area contributed by atoms with Gasteiger partial charge in [-0.05, 0) is 17.7 Å². The molecule has 0 unspecified atom stereocenters. The average Bonchev–Trinajstić information content (AvgIpc) is 3.07. The zero-order valence-corrected chi connectivity index (χ0v) is 14.5. The Morgan fingerprint density at radius 2 is 1.81 bits per heavy atom. The van der Waals surface area contributed by atoms with Crippen molar-refractivity contribution in [1.29, 1.82) is 0 Å². The fourth-order valence-electron chi connectivity index (χ4n) is 3.00. The van der Waals surface area contributed by atoms with Gasteiger partial charge < -0.3 is 14.1 Å². The molecular weight excluding hydrogens is 330 g/mol. The average molecular weight is 347 g/mol. The van der Waals surface area contributed by atoms with Crippen LogP contribution >= 0.6 is 0 Å². The van der Waals surface area contributed by atoms with Gasteiger partial charge in [-0.1, -0.05) is 41.6 Å². The van der Waals surface area contributed by atoms with Crippen LogP contribution in [-0.2, 0) is 18.5 Å². The van der Waals surface area contributed by atoms with Crippen LogP contribution in [-0.4, -0.2) is 28.2 Å². The van der Waals surface area contributed by atoms with Gasteiger partial charge in [0.1, 0.15) is 29.5 Å². The van der Waals surface area contributed by atoms with Crippen molar-refractivity contribution in [3.8, 4) is 5.75 Å². The quantitative estimate of drug-likeness (QED) is 0.533. The van der Waals surface area contributed by atoms with Gasteiger partial charge in [0.05, 0.1) is 13.4 Å². The molecule has 6 nitrogen and oxygen atoms in total. The van der Waals surface area contributed by atoms with Gasteiger partial charge >= 0.3 is 0 Å². The molecule has 6 heteroatoms. The standard InChI is InChI=1S/C20H17N3O3/c1-23-12-21-18-17(15-5-3-4-6-16(15)20(24)19(18)23)22-26-11-13-7-9-14(25-2)10-8-13/h3-10,12H,11H2,1-2H3/b22-17-. The van der Waals surface area contributed by atoms with Gasteiger partial charge in [-0.2, -0.15) is 0 Å². The van der Waals surface area contributed by atoms with Crippen molar-refractivity contribution >= 4 is 11.5 Å². The van der Waals surface area contributed by atoms with E-state index in [9.17, 15) is 4.79 Å². The summed E-state index contributed by atoms with van der Waals surface area (Å²) in [6, 6.07) is 15.0. The highest BCUT2D eigenvalue weighted by molar-refractivity contribution is 6.28. The predicted molar refractivity (Wildman–Crippen MR) is 96.5 cm³/mol. The molecular formula is C20H17N3O3. The number of aromatic nitrogens is 2. The number of nitrogens with zero attached hydrogens (tertiary/aromatic N) is 3. The van der Waals surface area contributed by atoms with E-state index >= 15 is 0 Å². The van der Waals surface area contributed by atoms with Gasteiger partial charge in [-0.15, -0.1) is 0 Å². The maximum Gasteiger partial charge on any atom is 0.212 e. The number of benzene rings is 2. The van der Waals surface area contributed by atoms with E-state index in [-0.39, 0.29) is 5.78 Å². The summed E-state index contributed by atoms with van der Waals surface area (Å²) in [7, 11) is 3.43. The summed E-state index contributed by atoms with van der Waals surface area (Å²) < 4.78 is 6.86. The van der Waals surface area contributed by atoms with Crippen molar-refractivity contribution in [2.75, 3.05) is 7.11 Å². The van der Waals surface area contributed by atoms with E-state index in [2.05, 4.69) is 10.1 Å². The Kier molecular flexibility index (Phi) is 4.01. The summed E-state index contributed by atoms with van der Waals surface area (Å²) in [5, 5.41) is 4.31. The molecule has 0 saturated heterocycles. The zero-order valence-electron chi connectivity index (χ0n) is 14.5. The summed E-state index contributed by atoms with van der Waals surface area (Å²) in [5.74, 6) is 0.739. The topological polar surface area (TPSA) is 65.7 Å². The lowest BCUT2D eigenvalue weighted by Gasteiger charge is -2.17. The summed E-state index contributed by atoms with van der Waals surface area (Å²) >= 11 is 0. The van der Waals surface area contributed by atoms with Crippen molar-refractivity contribution in [3.05, 3.63) is 82.9 Å². The van der Waals surface area contributed by atoms with Crippen LogP contribution in [0.2, 0.25) is 0 Å². The summed E-state index contributed by atoms with van der Waals surface area (Å²) in [4.78, 5) is 22.7. The summed E-state index contributed by atoms with van der Waals surface area (Å²) in [5.41, 5.74) is 3.95. The molecule has 0 radical (unpaired) electrons. The van der Waals surface area contributed by atoms with Gasteiger partial charge in [0, 0.05) is 18.2 Å². The smallest absolute Gasteiger partial charge is 0.212 e. The Labute approximate surface area is 150 Å². The number of ether oxygens (including phenoxy) is 1. The Balaban J connectivity index is 1.66. The third-order valence-corrected chi connectivity index (χ3v) is 4.35. The van der Waals surface area contributed by atoms with Crippen LogP contribution in [0.25, 0.3) is 0 Å². The van der Waals surface area contributed by atoms with Crippen molar-refractivity contribution in [1.82, 2.24) is 9.55 Å². The molecule has 1 aromatic heterocycles. The highest BCUT2D eigenvalue weighted by Crippen LogP contribution is 2.27. The maximum absolute atomic E-state index is 12.7. The monoisotopic (exact) mass is 347 g/mol. The molecule has 1 aliphatic carbocycles. The zero-order chi connectivity index (χ0) is 18.1. The first kappa shape index (κ1) is 16.1. The van der Waals surface area contributed by atoms with E-state index in [1.165, 1.54) is 0 Å². The Bertz CT molecular complexity index is 1000. The minimum absolute atomic E-state index is 0.0512. The lowest BCUT2D eigenvalue weighted by atomic mass is 9.89. The highest BCUT2D eigenvalue weighted by atomic mass is 16.6. The number of hydrogen-bond donors (Lipinski definition) is 0. The molecule has 0 N–H and O–H groups in total. The molecule has 0 bridgehead atoms. The van der Waals surface area contributed by atoms with Gasteiger partial charge in [0.25, 0.3) is 0 Å². The van der Waals surface area contributed by atoms with E-state index in [0.717, 1.165) is 16.9 Å². The van der Waals surface area contributed by atoms with Crippen LogP contribution in [0.1, 0.15) is 32.9 Å². The fraction of sp³-hybridized carbons (Fsp3) is 0.150. The van der Waals surface area contributed by atoms with Crippen LogP contribution in [0.5, 0.6) is 5.75 Å².